The summed E-state index contributed by atoms with van der Waals surface area (Å²) in [7, 11) is 0. The van der Waals surface area contributed by atoms with Gasteiger partial charge in [0, 0.05) is 0 Å². The third-order valence-corrected chi connectivity index (χ3v) is 4.10. The van der Waals surface area contributed by atoms with Crippen molar-refractivity contribution in [3.63, 3.8) is 0 Å². The number of ether oxygens (including phenoxy) is 1. The van der Waals surface area contributed by atoms with Gasteiger partial charge in [-0.3, -0.25) is 0 Å². The highest BCUT2D eigenvalue weighted by atomic mass is 16.5. The number of carbonyl (C=O) groups excluding carboxylic acids is 1. The zero-order valence-corrected chi connectivity index (χ0v) is 14.7. The molecule has 1 rings (SSSR count). The van der Waals surface area contributed by atoms with Gasteiger partial charge in [-0.05, 0) is 37.5 Å². The first-order valence-corrected chi connectivity index (χ1v) is 9.17. The average Bonchev–Trinajstić information content (AvgIpc) is 2.54. The van der Waals surface area contributed by atoms with E-state index in [0.29, 0.717) is 5.56 Å². The molecule has 3 heteroatoms. The first kappa shape index (κ1) is 19.5. The molecule has 0 spiro atoms. The maximum atomic E-state index is 12.2. The Morgan fingerprint density at radius 3 is 2.35 bits per heavy atom. The molecule has 1 unspecified atom stereocenters. The van der Waals surface area contributed by atoms with E-state index in [2.05, 4.69) is 13.8 Å². The van der Waals surface area contributed by atoms with Gasteiger partial charge < -0.3 is 9.84 Å². The van der Waals surface area contributed by atoms with Crippen LogP contribution in [0.4, 0.5) is 0 Å². The number of hydrogen-bond acceptors (Lipinski definition) is 3. The lowest BCUT2D eigenvalue weighted by atomic mass is 10.0. The van der Waals surface area contributed by atoms with Crippen molar-refractivity contribution < 1.29 is 14.6 Å². The lowest BCUT2D eigenvalue weighted by Gasteiger charge is -2.17. The molecule has 1 atom stereocenters. The molecule has 1 aromatic rings. The van der Waals surface area contributed by atoms with Crippen LogP contribution in [-0.4, -0.2) is 17.2 Å². The maximum Gasteiger partial charge on any atom is 0.338 e. The highest BCUT2D eigenvalue weighted by molar-refractivity contribution is 5.89. The number of rotatable bonds is 12. The highest BCUT2D eigenvalue weighted by Crippen LogP contribution is 2.18. The van der Waals surface area contributed by atoms with Crippen LogP contribution in [0.5, 0.6) is 5.75 Å². The Bertz CT molecular complexity index is 442. The molecule has 0 saturated heterocycles. The molecule has 0 aliphatic rings. The Morgan fingerprint density at radius 2 is 1.70 bits per heavy atom. The van der Waals surface area contributed by atoms with Crippen LogP contribution in [0.25, 0.3) is 0 Å². The molecular formula is C20H32O3. The predicted octanol–water partition coefficient (Wildman–Crippen LogP) is 5.86. The van der Waals surface area contributed by atoms with Crippen molar-refractivity contribution in [2.45, 2.75) is 84.2 Å². The summed E-state index contributed by atoms with van der Waals surface area (Å²) in [4.78, 5) is 12.2. The van der Waals surface area contributed by atoms with Gasteiger partial charge in [-0.2, -0.15) is 0 Å². The number of aromatic hydroxyl groups is 1. The molecule has 0 amide bonds. The molecule has 23 heavy (non-hydrogen) atoms. The molecule has 1 N–H and O–H groups in total. The Labute approximate surface area is 141 Å². The second-order valence-electron chi connectivity index (χ2n) is 6.28. The second kappa shape index (κ2) is 12.0. The lowest BCUT2D eigenvalue weighted by Crippen LogP contribution is -2.18. The SMILES string of the molecule is CCCCCCCCCC(CCC)OC(=O)c1cccc(O)c1. The van der Waals surface area contributed by atoms with Gasteiger partial charge in [-0.25, -0.2) is 4.79 Å². The summed E-state index contributed by atoms with van der Waals surface area (Å²) in [5.74, 6) is -0.235. The summed E-state index contributed by atoms with van der Waals surface area (Å²) in [5, 5.41) is 9.45. The Kier molecular flexibility index (Phi) is 10.2. The summed E-state index contributed by atoms with van der Waals surface area (Å²) in [6.07, 6.45) is 11.7. The fourth-order valence-corrected chi connectivity index (χ4v) is 2.77. The van der Waals surface area contributed by atoms with Crippen molar-refractivity contribution in [2.75, 3.05) is 0 Å². The van der Waals surface area contributed by atoms with Gasteiger partial charge in [0.05, 0.1) is 5.56 Å². The summed E-state index contributed by atoms with van der Waals surface area (Å²) >= 11 is 0. The molecule has 0 aliphatic heterocycles. The molecule has 3 nitrogen and oxygen atoms in total. The number of unbranched alkanes of at least 4 members (excludes halogenated alkanes) is 6. The molecule has 0 bridgehead atoms. The Hall–Kier alpha value is -1.51. The first-order chi connectivity index (χ1) is 11.2. The quantitative estimate of drug-likeness (QED) is 0.387. The highest BCUT2D eigenvalue weighted by Gasteiger charge is 2.15. The molecule has 0 radical (unpaired) electrons. The number of phenolic OH excluding ortho intramolecular Hbond substituents is 1. The van der Waals surface area contributed by atoms with Crippen LogP contribution in [0.3, 0.4) is 0 Å². The standard InChI is InChI=1S/C20H32O3/c1-3-5-6-7-8-9-10-15-19(12-4-2)23-20(22)17-13-11-14-18(21)16-17/h11,13-14,16,19,21H,3-10,12,15H2,1-2H3. The average molecular weight is 320 g/mol. The largest absolute Gasteiger partial charge is 0.508 e. The topological polar surface area (TPSA) is 46.5 Å². The Morgan fingerprint density at radius 1 is 1.00 bits per heavy atom. The fourth-order valence-electron chi connectivity index (χ4n) is 2.77. The number of esters is 1. The van der Waals surface area contributed by atoms with E-state index in [1.165, 1.54) is 44.6 Å². The van der Waals surface area contributed by atoms with Crippen LogP contribution >= 0.6 is 0 Å². The van der Waals surface area contributed by atoms with Crippen molar-refractivity contribution in [1.82, 2.24) is 0 Å². The Balaban J connectivity index is 2.32. The van der Waals surface area contributed by atoms with Crippen LogP contribution in [0.2, 0.25) is 0 Å². The molecule has 0 saturated carbocycles. The molecular weight excluding hydrogens is 288 g/mol. The van der Waals surface area contributed by atoms with E-state index in [9.17, 15) is 9.90 Å². The van der Waals surface area contributed by atoms with Crippen molar-refractivity contribution in [2.24, 2.45) is 0 Å². The second-order valence-corrected chi connectivity index (χ2v) is 6.28. The third kappa shape index (κ3) is 8.63. The first-order valence-electron chi connectivity index (χ1n) is 9.17. The summed E-state index contributed by atoms with van der Waals surface area (Å²) < 4.78 is 5.63. The third-order valence-electron chi connectivity index (χ3n) is 4.10. The smallest absolute Gasteiger partial charge is 0.338 e. The molecule has 130 valence electrons. The van der Waals surface area contributed by atoms with E-state index in [0.717, 1.165) is 25.7 Å². The van der Waals surface area contributed by atoms with E-state index >= 15 is 0 Å². The minimum atomic E-state index is -0.331. The van der Waals surface area contributed by atoms with Crippen LogP contribution in [0, 0.1) is 0 Å². The molecule has 0 heterocycles. The minimum Gasteiger partial charge on any atom is -0.508 e. The molecule has 0 aliphatic carbocycles. The normalized spacial score (nSPS) is 12.1. The van der Waals surface area contributed by atoms with Crippen LogP contribution in [0.15, 0.2) is 24.3 Å². The zero-order chi connectivity index (χ0) is 16.9. The number of phenols is 1. The van der Waals surface area contributed by atoms with E-state index in [-0.39, 0.29) is 17.8 Å². The van der Waals surface area contributed by atoms with Gasteiger partial charge in [0.25, 0.3) is 0 Å². The van der Waals surface area contributed by atoms with E-state index in [1.807, 2.05) is 0 Å². The summed E-state index contributed by atoms with van der Waals surface area (Å²) in [6, 6.07) is 6.35. The van der Waals surface area contributed by atoms with Crippen LogP contribution < -0.4 is 0 Å². The number of carbonyl (C=O) groups is 1. The van der Waals surface area contributed by atoms with Gasteiger partial charge in [0.1, 0.15) is 11.9 Å². The van der Waals surface area contributed by atoms with E-state index < -0.39 is 0 Å². The summed E-state index contributed by atoms with van der Waals surface area (Å²) in [6.45, 7) is 4.34. The number of hydrogen-bond donors (Lipinski definition) is 1. The van der Waals surface area contributed by atoms with Crippen LogP contribution in [0.1, 0.15) is 88.4 Å². The number of benzene rings is 1. The predicted molar refractivity (Wildman–Crippen MR) is 94.8 cm³/mol. The van der Waals surface area contributed by atoms with Gasteiger partial charge >= 0.3 is 5.97 Å². The monoisotopic (exact) mass is 320 g/mol. The van der Waals surface area contributed by atoms with Crippen molar-refractivity contribution in [3.8, 4) is 5.75 Å². The summed E-state index contributed by atoms with van der Waals surface area (Å²) in [5.41, 5.74) is 0.422. The van der Waals surface area contributed by atoms with E-state index in [1.54, 1.807) is 18.2 Å². The lowest BCUT2D eigenvalue weighted by molar-refractivity contribution is 0.0253. The van der Waals surface area contributed by atoms with Crippen LogP contribution in [-0.2, 0) is 4.74 Å². The zero-order valence-electron chi connectivity index (χ0n) is 14.7. The van der Waals surface area contributed by atoms with Gasteiger partial charge in [0.2, 0.25) is 0 Å². The molecule has 0 fully saturated rings. The molecule has 1 aromatic carbocycles. The van der Waals surface area contributed by atoms with Gasteiger partial charge in [-0.1, -0.05) is 64.9 Å². The van der Waals surface area contributed by atoms with Gasteiger partial charge in [0.15, 0.2) is 0 Å². The minimum absolute atomic E-state index is 0.00880. The van der Waals surface area contributed by atoms with Gasteiger partial charge in [-0.15, -0.1) is 0 Å². The molecule has 0 aromatic heterocycles. The van der Waals surface area contributed by atoms with Crippen molar-refractivity contribution >= 4 is 5.97 Å². The van der Waals surface area contributed by atoms with E-state index in [4.69, 9.17) is 4.74 Å². The van der Waals surface area contributed by atoms with Crippen molar-refractivity contribution in [3.05, 3.63) is 29.8 Å². The maximum absolute atomic E-state index is 12.2. The van der Waals surface area contributed by atoms with Crippen molar-refractivity contribution in [1.29, 1.82) is 0 Å². The fraction of sp³-hybridized carbons (Fsp3) is 0.650.